The van der Waals surface area contributed by atoms with Crippen LogP contribution in [-0.2, 0) is 0 Å². The predicted octanol–water partition coefficient (Wildman–Crippen LogP) is 2.17. The molecule has 2 nitrogen and oxygen atoms in total. The summed E-state index contributed by atoms with van der Waals surface area (Å²) in [7, 11) is 0. The van der Waals surface area contributed by atoms with Crippen molar-refractivity contribution in [2.45, 2.75) is 11.8 Å². The number of benzene rings is 1. The predicted molar refractivity (Wildman–Crippen MR) is 60.4 cm³/mol. The maximum Gasteiger partial charge on any atom is 0.0341 e. The summed E-state index contributed by atoms with van der Waals surface area (Å²) in [4.78, 5) is 1.32. The van der Waals surface area contributed by atoms with E-state index in [1.54, 1.807) is 0 Å². The number of nitrogens with two attached hydrogens (primary N) is 1. The molecule has 0 radical (unpaired) electrons. The molecule has 0 saturated heterocycles. The Kier molecular flexibility index (Phi) is 4.72. The van der Waals surface area contributed by atoms with Gasteiger partial charge in [0.1, 0.15) is 0 Å². The Balaban J connectivity index is 2.48. The average Bonchev–Trinajstić information content (AvgIpc) is 2.17. The van der Waals surface area contributed by atoms with Crippen LogP contribution in [0.4, 0.5) is 5.69 Å². The second-order valence-corrected chi connectivity index (χ2v) is 4.01. The first-order valence-corrected chi connectivity index (χ1v) is 5.52. The highest BCUT2D eigenvalue weighted by Gasteiger charge is 1.92. The second-order valence-electron chi connectivity index (χ2n) is 2.67. The third-order valence-corrected chi connectivity index (χ3v) is 2.53. The smallest absolute Gasteiger partial charge is 0.0341 e. The molecule has 13 heavy (non-hydrogen) atoms. The lowest BCUT2D eigenvalue weighted by Crippen LogP contribution is -2.12. The zero-order valence-corrected chi connectivity index (χ0v) is 8.73. The normalized spacial score (nSPS) is 10.0. The monoisotopic (exact) mass is 196 g/mol. The minimum atomic E-state index is 0.672. The van der Waals surface area contributed by atoms with Crippen LogP contribution in [0.15, 0.2) is 29.2 Å². The molecule has 3 N–H and O–H groups in total. The molecule has 1 rings (SSSR count). The van der Waals surface area contributed by atoms with Gasteiger partial charge in [0.05, 0.1) is 0 Å². The van der Waals surface area contributed by atoms with Crippen molar-refractivity contribution in [2.24, 2.45) is 5.73 Å². The number of nitrogens with one attached hydrogen (secondary N) is 1. The Morgan fingerprint density at radius 1 is 1.31 bits per heavy atom. The van der Waals surface area contributed by atoms with Gasteiger partial charge < -0.3 is 11.1 Å². The summed E-state index contributed by atoms with van der Waals surface area (Å²) in [5, 5.41) is 3.23. The van der Waals surface area contributed by atoms with E-state index in [4.69, 9.17) is 5.73 Å². The molecule has 0 spiro atoms. The number of rotatable bonds is 5. The van der Waals surface area contributed by atoms with Crippen molar-refractivity contribution in [3.63, 3.8) is 0 Å². The first kappa shape index (κ1) is 10.4. The molecular weight excluding hydrogens is 180 g/mol. The summed E-state index contributed by atoms with van der Waals surface area (Å²) in [5.74, 6) is 1.12. The third-order valence-electron chi connectivity index (χ3n) is 1.64. The quantitative estimate of drug-likeness (QED) is 0.709. The first-order chi connectivity index (χ1) is 6.36. The minimum absolute atomic E-state index is 0.672. The maximum atomic E-state index is 5.39. The molecule has 0 aliphatic heterocycles. The van der Waals surface area contributed by atoms with Crippen LogP contribution in [0.25, 0.3) is 0 Å². The van der Waals surface area contributed by atoms with Gasteiger partial charge in [-0.15, -0.1) is 11.8 Å². The minimum Gasteiger partial charge on any atom is -0.384 e. The van der Waals surface area contributed by atoms with Crippen LogP contribution >= 0.6 is 11.8 Å². The molecule has 0 fully saturated rings. The molecule has 0 unspecified atom stereocenters. The molecule has 0 aromatic heterocycles. The van der Waals surface area contributed by atoms with Gasteiger partial charge in [0.25, 0.3) is 0 Å². The highest BCUT2D eigenvalue weighted by molar-refractivity contribution is 7.99. The molecule has 0 aliphatic rings. The number of anilines is 1. The number of thioether (sulfide) groups is 1. The van der Waals surface area contributed by atoms with Gasteiger partial charge in [-0.2, -0.15) is 0 Å². The molecular formula is C10H16N2S. The van der Waals surface area contributed by atoms with Crippen molar-refractivity contribution in [1.29, 1.82) is 0 Å². The van der Waals surface area contributed by atoms with Gasteiger partial charge in [0, 0.05) is 23.7 Å². The SMILES string of the molecule is CCSc1ccc(NCCN)cc1. The lowest BCUT2D eigenvalue weighted by atomic mass is 10.3. The van der Waals surface area contributed by atoms with Crippen LogP contribution in [-0.4, -0.2) is 18.8 Å². The van der Waals surface area contributed by atoms with E-state index >= 15 is 0 Å². The summed E-state index contributed by atoms with van der Waals surface area (Å²) in [6.07, 6.45) is 0. The second kappa shape index (κ2) is 5.89. The Hall–Kier alpha value is -0.670. The van der Waals surface area contributed by atoms with Crippen molar-refractivity contribution >= 4 is 17.4 Å². The molecule has 3 heteroatoms. The standard InChI is InChI=1S/C10H16N2S/c1-2-13-10-5-3-9(4-6-10)12-8-7-11/h3-6,12H,2,7-8,11H2,1H3. The summed E-state index contributed by atoms with van der Waals surface area (Å²) in [6.45, 7) is 3.66. The van der Waals surface area contributed by atoms with Crippen LogP contribution in [0.3, 0.4) is 0 Å². The average molecular weight is 196 g/mol. The van der Waals surface area contributed by atoms with Crippen molar-refractivity contribution < 1.29 is 0 Å². The van der Waals surface area contributed by atoms with E-state index in [1.807, 2.05) is 11.8 Å². The van der Waals surface area contributed by atoms with Crippen molar-refractivity contribution in [3.05, 3.63) is 24.3 Å². The number of hydrogen-bond acceptors (Lipinski definition) is 3. The Labute approximate surface area is 83.9 Å². The molecule has 0 heterocycles. The molecule has 1 aromatic carbocycles. The zero-order chi connectivity index (χ0) is 9.52. The van der Waals surface area contributed by atoms with Crippen LogP contribution in [0.2, 0.25) is 0 Å². The Morgan fingerprint density at radius 2 is 2.00 bits per heavy atom. The van der Waals surface area contributed by atoms with Gasteiger partial charge in [-0.25, -0.2) is 0 Å². The van der Waals surface area contributed by atoms with Gasteiger partial charge in [-0.05, 0) is 30.0 Å². The van der Waals surface area contributed by atoms with Crippen LogP contribution in [0.1, 0.15) is 6.92 Å². The van der Waals surface area contributed by atoms with E-state index in [9.17, 15) is 0 Å². The largest absolute Gasteiger partial charge is 0.384 e. The van der Waals surface area contributed by atoms with Crippen molar-refractivity contribution in [3.8, 4) is 0 Å². The van der Waals surface area contributed by atoms with Crippen molar-refractivity contribution in [1.82, 2.24) is 0 Å². The van der Waals surface area contributed by atoms with E-state index in [-0.39, 0.29) is 0 Å². The summed E-state index contributed by atoms with van der Waals surface area (Å²) in [5.41, 5.74) is 6.53. The molecule has 0 saturated carbocycles. The lowest BCUT2D eigenvalue weighted by Gasteiger charge is -2.05. The summed E-state index contributed by atoms with van der Waals surface area (Å²) >= 11 is 1.86. The highest BCUT2D eigenvalue weighted by Crippen LogP contribution is 2.19. The first-order valence-electron chi connectivity index (χ1n) is 4.53. The molecule has 1 aromatic rings. The fraction of sp³-hybridized carbons (Fsp3) is 0.400. The summed E-state index contributed by atoms with van der Waals surface area (Å²) < 4.78 is 0. The van der Waals surface area contributed by atoms with E-state index in [1.165, 1.54) is 4.90 Å². The topological polar surface area (TPSA) is 38.0 Å². The lowest BCUT2D eigenvalue weighted by molar-refractivity contribution is 1.02. The van der Waals surface area contributed by atoms with Gasteiger partial charge in [-0.1, -0.05) is 6.92 Å². The summed E-state index contributed by atoms with van der Waals surface area (Å²) in [6, 6.07) is 8.45. The van der Waals surface area contributed by atoms with Crippen LogP contribution in [0, 0.1) is 0 Å². The van der Waals surface area contributed by atoms with Crippen molar-refractivity contribution in [2.75, 3.05) is 24.2 Å². The fourth-order valence-corrected chi connectivity index (χ4v) is 1.71. The van der Waals surface area contributed by atoms with Gasteiger partial charge in [0.2, 0.25) is 0 Å². The third kappa shape index (κ3) is 3.70. The van der Waals surface area contributed by atoms with E-state index < -0.39 is 0 Å². The maximum absolute atomic E-state index is 5.39. The molecule has 0 amide bonds. The number of hydrogen-bond donors (Lipinski definition) is 2. The Morgan fingerprint density at radius 3 is 2.54 bits per heavy atom. The fourth-order valence-electron chi connectivity index (χ4n) is 1.05. The molecule has 0 aliphatic carbocycles. The van der Waals surface area contributed by atoms with E-state index in [2.05, 4.69) is 36.5 Å². The van der Waals surface area contributed by atoms with Gasteiger partial charge in [0.15, 0.2) is 0 Å². The molecule has 72 valence electrons. The van der Waals surface area contributed by atoms with Crippen LogP contribution in [0.5, 0.6) is 0 Å². The van der Waals surface area contributed by atoms with E-state index in [0.717, 1.165) is 18.0 Å². The Bertz CT molecular complexity index is 233. The van der Waals surface area contributed by atoms with Crippen LogP contribution < -0.4 is 11.1 Å². The van der Waals surface area contributed by atoms with E-state index in [0.29, 0.717) is 6.54 Å². The van der Waals surface area contributed by atoms with Gasteiger partial charge in [-0.3, -0.25) is 0 Å². The molecule has 0 bridgehead atoms. The molecule has 0 atom stereocenters. The zero-order valence-electron chi connectivity index (χ0n) is 7.92. The van der Waals surface area contributed by atoms with Gasteiger partial charge >= 0.3 is 0 Å². The highest BCUT2D eigenvalue weighted by atomic mass is 32.2.